The summed E-state index contributed by atoms with van der Waals surface area (Å²) in [6.45, 7) is 3.89. The molecule has 1 saturated heterocycles. The van der Waals surface area contributed by atoms with Crippen molar-refractivity contribution < 1.29 is 9.53 Å². The van der Waals surface area contributed by atoms with Crippen LogP contribution in [0, 0.1) is 6.92 Å². The number of amides is 1. The minimum absolute atomic E-state index is 0.00236. The zero-order valence-electron chi connectivity index (χ0n) is 16.0. The molecule has 1 amide bonds. The molecule has 6 nitrogen and oxygen atoms in total. The van der Waals surface area contributed by atoms with Crippen LogP contribution in [0.2, 0.25) is 0 Å². The summed E-state index contributed by atoms with van der Waals surface area (Å²) in [5.74, 6) is 0.00236. The number of benzene rings is 1. The zero-order chi connectivity index (χ0) is 19.3. The molecule has 28 heavy (non-hydrogen) atoms. The number of aromatic nitrogens is 3. The van der Waals surface area contributed by atoms with Crippen molar-refractivity contribution in [2.24, 2.45) is 0 Å². The molecule has 1 aromatic carbocycles. The van der Waals surface area contributed by atoms with Gasteiger partial charge in [0.15, 0.2) is 0 Å². The van der Waals surface area contributed by atoms with Crippen LogP contribution in [-0.2, 0) is 11.3 Å². The van der Waals surface area contributed by atoms with Gasteiger partial charge in [-0.3, -0.25) is 9.78 Å². The Morgan fingerprint density at radius 3 is 2.75 bits per heavy atom. The molecular formula is C22H24N4O2. The first-order chi connectivity index (χ1) is 13.7. The van der Waals surface area contributed by atoms with Gasteiger partial charge in [-0.2, -0.15) is 5.10 Å². The highest BCUT2D eigenvalue weighted by atomic mass is 16.5. The first-order valence-corrected chi connectivity index (χ1v) is 9.60. The van der Waals surface area contributed by atoms with E-state index in [1.165, 1.54) is 0 Å². The maximum atomic E-state index is 13.2. The third kappa shape index (κ3) is 4.28. The van der Waals surface area contributed by atoms with Gasteiger partial charge in [0.05, 0.1) is 18.0 Å². The summed E-state index contributed by atoms with van der Waals surface area (Å²) in [6, 6.07) is 11.5. The number of carbonyl (C=O) groups excluding carboxylic acids is 1. The number of ether oxygens (including phenoxy) is 1. The van der Waals surface area contributed by atoms with Gasteiger partial charge < -0.3 is 9.64 Å². The Hall–Kier alpha value is -2.99. The van der Waals surface area contributed by atoms with E-state index in [1.54, 1.807) is 12.4 Å². The molecule has 2 aromatic heterocycles. The van der Waals surface area contributed by atoms with Gasteiger partial charge in [-0.05, 0) is 61.2 Å². The van der Waals surface area contributed by atoms with E-state index in [2.05, 4.69) is 10.1 Å². The molecule has 3 aromatic rings. The molecule has 0 bridgehead atoms. The smallest absolute Gasteiger partial charge is 0.254 e. The van der Waals surface area contributed by atoms with Crippen molar-refractivity contribution in [3.8, 4) is 5.69 Å². The molecule has 0 saturated carbocycles. The van der Waals surface area contributed by atoms with E-state index in [9.17, 15) is 4.79 Å². The van der Waals surface area contributed by atoms with Crippen LogP contribution in [0.15, 0.2) is 61.2 Å². The number of carbonyl (C=O) groups is 1. The van der Waals surface area contributed by atoms with Crippen LogP contribution in [0.1, 0.15) is 34.3 Å². The van der Waals surface area contributed by atoms with Crippen LogP contribution >= 0.6 is 0 Å². The van der Waals surface area contributed by atoms with Crippen molar-refractivity contribution in [1.82, 2.24) is 19.7 Å². The van der Waals surface area contributed by atoms with Crippen LogP contribution < -0.4 is 0 Å². The second-order valence-electron chi connectivity index (χ2n) is 7.19. The summed E-state index contributed by atoms with van der Waals surface area (Å²) in [5.41, 5.74) is 3.70. The number of aryl methyl sites for hydroxylation is 1. The summed E-state index contributed by atoms with van der Waals surface area (Å²) in [5, 5.41) is 4.32. The zero-order valence-corrected chi connectivity index (χ0v) is 16.0. The maximum Gasteiger partial charge on any atom is 0.254 e. The first-order valence-electron chi connectivity index (χ1n) is 9.60. The highest BCUT2D eigenvalue weighted by Gasteiger charge is 2.23. The van der Waals surface area contributed by atoms with E-state index in [1.807, 2.05) is 65.3 Å². The number of pyridine rings is 1. The standard InChI is InChI=1S/C22H24N4O2/c1-17-12-24-26(14-17)20-8-6-19(7-9-20)22(27)25(16-21-5-3-11-28-21)15-18-4-2-10-23-13-18/h2,4,6-10,12-14,21H,3,5,11,15-16H2,1H3. The lowest BCUT2D eigenvalue weighted by atomic mass is 10.1. The van der Waals surface area contributed by atoms with Gasteiger partial charge in [-0.15, -0.1) is 0 Å². The highest BCUT2D eigenvalue weighted by molar-refractivity contribution is 5.94. The average Bonchev–Trinajstić information content (AvgIpc) is 3.40. The van der Waals surface area contributed by atoms with Gasteiger partial charge in [0.2, 0.25) is 0 Å². The molecule has 6 heteroatoms. The van der Waals surface area contributed by atoms with Gasteiger partial charge >= 0.3 is 0 Å². The van der Waals surface area contributed by atoms with Gasteiger partial charge in [-0.1, -0.05) is 6.07 Å². The Kier molecular flexibility index (Phi) is 5.48. The minimum Gasteiger partial charge on any atom is -0.376 e. The Morgan fingerprint density at radius 1 is 1.25 bits per heavy atom. The lowest BCUT2D eigenvalue weighted by Crippen LogP contribution is -2.37. The number of hydrogen-bond donors (Lipinski definition) is 0. The molecule has 4 rings (SSSR count). The number of rotatable bonds is 6. The fourth-order valence-electron chi connectivity index (χ4n) is 3.46. The van der Waals surface area contributed by atoms with E-state index in [0.29, 0.717) is 18.7 Å². The van der Waals surface area contributed by atoms with Crippen molar-refractivity contribution in [2.75, 3.05) is 13.2 Å². The number of nitrogens with zero attached hydrogens (tertiary/aromatic N) is 4. The van der Waals surface area contributed by atoms with E-state index in [0.717, 1.165) is 36.3 Å². The molecular weight excluding hydrogens is 352 g/mol. The largest absolute Gasteiger partial charge is 0.376 e. The molecule has 1 fully saturated rings. The molecule has 0 aliphatic carbocycles. The minimum atomic E-state index is 0.00236. The Morgan fingerprint density at radius 2 is 2.11 bits per heavy atom. The highest BCUT2D eigenvalue weighted by Crippen LogP contribution is 2.18. The number of hydrogen-bond acceptors (Lipinski definition) is 4. The fraction of sp³-hybridized carbons (Fsp3) is 0.318. The summed E-state index contributed by atoms with van der Waals surface area (Å²) in [6.07, 6.45) is 9.47. The van der Waals surface area contributed by atoms with E-state index < -0.39 is 0 Å². The molecule has 3 heterocycles. The monoisotopic (exact) mass is 376 g/mol. The summed E-state index contributed by atoms with van der Waals surface area (Å²) in [4.78, 5) is 19.2. The lowest BCUT2D eigenvalue weighted by molar-refractivity contribution is 0.0507. The van der Waals surface area contributed by atoms with Gasteiger partial charge in [0, 0.05) is 43.9 Å². The van der Waals surface area contributed by atoms with Crippen molar-refractivity contribution in [1.29, 1.82) is 0 Å². The van der Waals surface area contributed by atoms with E-state index >= 15 is 0 Å². The summed E-state index contributed by atoms with van der Waals surface area (Å²) >= 11 is 0. The third-order valence-electron chi connectivity index (χ3n) is 4.92. The Balaban J connectivity index is 1.53. The van der Waals surface area contributed by atoms with Gasteiger partial charge in [0.25, 0.3) is 5.91 Å². The van der Waals surface area contributed by atoms with Crippen LogP contribution in [0.3, 0.4) is 0 Å². The molecule has 1 aliphatic heterocycles. The predicted molar refractivity (Wildman–Crippen MR) is 106 cm³/mol. The molecule has 1 atom stereocenters. The van der Waals surface area contributed by atoms with Gasteiger partial charge in [-0.25, -0.2) is 4.68 Å². The van der Waals surface area contributed by atoms with Crippen molar-refractivity contribution in [3.63, 3.8) is 0 Å². The molecule has 144 valence electrons. The SMILES string of the molecule is Cc1cnn(-c2ccc(C(=O)N(Cc3cccnc3)CC3CCCO3)cc2)c1. The second kappa shape index (κ2) is 8.35. The fourth-order valence-corrected chi connectivity index (χ4v) is 3.46. The predicted octanol–water partition coefficient (Wildman–Crippen LogP) is 3.40. The van der Waals surface area contributed by atoms with E-state index in [-0.39, 0.29) is 12.0 Å². The summed E-state index contributed by atoms with van der Waals surface area (Å²) < 4.78 is 7.57. The van der Waals surface area contributed by atoms with Crippen molar-refractivity contribution >= 4 is 5.91 Å². The average molecular weight is 376 g/mol. The second-order valence-corrected chi connectivity index (χ2v) is 7.19. The van der Waals surface area contributed by atoms with Crippen molar-refractivity contribution in [3.05, 3.63) is 77.9 Å². The molecule has 0 spiro atoms. The lowest BCUT2D eigenvalue weighted by Gasteiger charge is -2.25. The molecule has 1 unspecified atom stereocenters. The topological polar surface area (TPSA) is 60.2 Å². The van der Waals surface area contributed by atoms with Crippen LogP contribution in [0.25, 0.3) is 5.69 Å². The third-order valence-corrected chi connectivity index (χ3v) is 4.92. The summed E-state index contributed by atoms with van der Waals surface area (Å²) in [7, 11) is 0. The van der Waals surface area contributed by atoms with Crippen molar-refractivity contribution in [2.45, 2.75) is 32.4 Å². The normalized spacial score (nSPS) is 16.2. The van der Waals surface area contributed by atoms with Gasteiger partial charge in [0.1, 0.15) is 0 Å². The first kappa shape index (κ1) is 18.4. The Bertz CT molecular complexity index is 915. The quantitative estimate of drug-likeness (QED) is 0.662. The molecule has 0 N–H and O–H groups in total. The molecule has 1 aliphatic rings. The van der Waals surface area contributed by atoms with E-state index in [4.69, 9.17) is 4.74 Å². The Labute approximate surface area is 164 Å². The van der Waals surface area contributed by atoms with Crippen LogP contribution in [0.5, 0.6) is 0 Å². The maximum absolute atomic E-state index is 13.2. The van der Waals surface area contributed by atoms with Crippen LogP contribution in [-0.4, -0.2) is 44.8 Å². The molecule has 0 radical (unpaired) electrons. The van der Waals surface area contributed by atoms with Crippen LogP contribution in [0.4, 0.5) is 0 Å².